The maximum Gasteiger partial charge on any atom is 0.407 e. The highest BCUT2D eigenvalue weighted by Crippen LogP contribution is 2.53. The van der Waals surface area contributed by atoms with Gasteiger partial charge in [0, 0.05) is 24.9 Å². The first-order chi connectivity index (χ1) is 62.7. The van der Waals surface area contributed by atoms with E-state index in [2.05, 4.69) is 415 Å². The highest BCUT2D eigenvalue weighted by Gasteiger charge is 2.57. The maximum absolute atomic E-state index is 14.5. The molecule has 2 aliphatic rings. The topological polar surface area (TPSA) is 198 Å². The van der Waals surface area contributed by atoms with E-state index in [-0.39, 0.29) is 91.7 Å². The summed E-state index contributed by atoms with van der Waals surface area (Å²) in [6.07, 6.45) is -6.67. The van der Waals surface area contributed by atoms with Crippen molar-refractivity contribution in [3.8, 4) is 33.8 Å². The number of aliphatic hydroxyl groups excluding tert-OH is 1. The van der Waals surface area contributed by atoms with Gasteiger partial charge >= 0.3 is 12.2 Å². The van der Waals surface area contributed by atoms with E-state index in [0.717, 1.165) is 50.4 Å². The van der Waals surface area contributed by atoms with Crippen LogP contribution in [0.1, 0.15) is 217 Å². The molecule has 137 heavy (non-hydrogen) atoms. The number of hydrogen-bond donors (Lipinski definition) is 3. The summed E-state index contributed by atoms with van der Waals surface area (Å²) in [7, 11) is -17.5. The van der Waals surface area contributed by atoms with Crippen molar-refractivity contribution in [2.75, 3.05) is 53.7 Å². The molecule has 26 heteroatoms. The van der Waals surface area contributed by atoms with E-state index in [0.29, 0.717) is 0 Å². The fourth-order valence-corrected chi connectivity index (χ4v) is 26.1. The first kappa shape index (κ1) is 116. The lowest BCUT2D eigenvalue weighted by Gasteiger charge is -2.52. The third kappa shape index (κ3) is 28.0. The summed E-state index contributed by atoms with van der Waals surface area (Å²) in [5.74, 6) is 1.31. The third-order valence-electron chi connectivity index (χ3n) is 32.5. The number of benzene rings is 7. The Hall–Kier alpha value is -5.98. The Balaban J connectivity index is 0.000000357. The quantitative estimate of drug-likeness (QED) is 0.0243. The molecule has 8 unspecified atom stereocenters. The zero-order valence-corrected chi connectivity index (χ0v) is 100. The molecule has 2 amide bonds. The molecule has 0 aliphatic heterocycles. The second-order valence-corrected chi connectivity index (χ2v) is 88.5. The molecule has 8 atom stereocenters. The van der Waals surface area contributed by atoms with Gasteiger partial charge in [0.2, 0.25) is 0 Å². The number of fused-ring (bicyclic) bond motifs is 6. The van der Waals surface area contributed by atoms with Crippen LogP contribution < -0.4 is 20.1 Å². The molecule has 3 N–H and O–H groups in total. The Morgan fingerprint density at radius 2 is 0.511 bits per heavy atom. The first-order valence-corrected chi connectivity index (χ1v) is 73.1. The van der Waals surface area contributed by atoms with Gasteiger partial charge in [-0.3, -0.25) is 0 Å². The van der Waals surface area contributed by atoms with Crippen molar-refractivity contribution < 1.29 is 73.8 Å². The number of carbonyl (C=O) groups is 2. The van der Waals surface area contributed by atoms with Crippen LogP contribution in [-0.4, -0.2) is 186 Å². The average molecular weight is 2020 g/mol. The number of ether oxygens (including phenoxy) is 5. The van der Waals surface area contributed by atoms with Crippen molar-refractivity contribution in [2.45, 2.75) is 377 Å². The number of carbonyl (C=O) groups excluding carboxylic acids is 2. The largest absolute Gasteiger partial charge is 0.497 e. The molecule has 0 aromatic heterocycles. The molecule has 0 heterocycles. The lowest BCUT2D eigenvalue weighted by molar-refractivity contribution is -0.117. The van der Waals surface area contributed by atoms with Crippen LogP contribution in [-0.2, 0) is 55.2 Å². The Labute approximate surface area is 837 Å². The van der Waals surface area contributed by atoms with E-state index in [1.54, 1.807) is 14.2 Å². The van der Waals surface area contributed by atoms with Gasteiger partial charge < -0.3 is 74.8 Å². The van der Waals surface area contributed by atoms with Gasteiger partial charge in [0.1, 0.15) is 30.3 Å². The predicted octanol–water partition coefficient (Wildman–Crippen LogP) is 29.2. The lowest BCUT2D eigenvalue weighted by atomic mass is 9.80. The Kier molecular flexibility index (Phi) is 37.6. The van der Waals surface area contributed by atoms with Crippen LogP contribution in [0.15, 0.2) is 176 Å². The molecule has 762 valence electrons. The Bertz CT molecular complexity index is 4930. The summed E-state index contributed by atoms with van der Waals surface area (Å²) in [6, 6.07) is 60.2. The summed E-state index contributed by atoms with van der Waals surface area (Å²) in [5.41, 5.74) is 10.9. The van der Waals surface area contributed by atoms with Gasteiger partial charge in [0.25, 0.3) is 0 Å². The number of nitrogens with one attached hydrogen (secondary N) is 2. The standard InChI is InChI=1S/C66H99NO9Si4.C45H81NO7Si4/c1-62(2,3)77(15,16)73-57(44-67-61(68)71-45-56-54-34-28-26-32-52(54)53-33-27-29-35-55(53)56)59(75-79(19,20)64(7,8)9)60(76-80(21,22)65(10,11)12)58(74-78(17,18)63(4,5)6)46-72-66(47-30-24-23-25-31-47,48-36-40-50(69-13)41-37-48)49-38-42-51(70-14)43-39-49;1-42(2,3)54(13,14)50-37(29-46-41(48)49-31-36-34-27-23-21-25-32(34)33-26-22-24-28-35(33)36)39(52-56(17,18)44(7,8)9)40(53-57(19,20)45(10,11)12)38(30-47)51-55(15,16)43(4,5)6/h23-43,56-60H,44-46H2,1-22H3,(H,67,68);21-28,36-40,47H,29-31H2,1-20H3,(H,46,48). The van der Waals surface area contributed by atoms with E-state index in [1.807, 2.05) is 42.5 Å². The van der Waals surface area contributed by atoms with Crippen molar-refractivity contribution in [1.82, 2.24) is 10.6 Å². The number of rotatable bonds is 39. The maximum atomic E-state index is 14.5. The highest BCUT2D eigenvalue weighted by molar-refractivity contribution is 6.77. The van der Waals surface area contributed by atoms with Crippen LogP contribution >= 0.6 is 0 Å². The predicted molar refractivity (Wildman–Crippen MR) is 588 cm³/mol. The number of alkyl carbamates (subject to hydrolysis) is 2. The molecule has 0 spiro atoms. The van der Waals surface area contributed by atoms with E-state index in [9.17, 15) is 14.7 Å². The number of aliphatic hydroxyl groups is 1. The highest BCUT2D eigenvalue weighted by atomic mass is 28.4. The van der Waals surface area contributed by atoms with Crippen molar-refractivity contribution in [3.05, 3.63) is 215 Å². The van der Waals surface area contributed by atoms with Crippen LogP contribution in [0.25, 0.3) is 22.3 Å². The molecule has 2 aliphatic carbocycles. The summed E-state index contributed by atoms with van der Waals surface area (Å²) >= 11 is 0. The molecule has 7 aromatic carbocycles. The van der Waals surface area contributed by atoms with Crippen molar-refractivity contribution in [1.29, 1.82) is 0 Å². The summed E-state index contributed by atoms with van der Waals surface area (Å²) < 4.78 is 93.1. The normalized spacial score (nSPS) is 16.2. The van der Waals surface area contributed by atoms with Crippen molar-refractivity contribution >= 4 is 78.7 Å². The zero-order valence-electron chi connectivity index (χ0n) is 92.3. The van der Waals surface area contributed by atoms with E-state index < -0.39 is 133 Å². The molecule has 0 saturated heterocycles. The van der Waals surface area contributed by atoms with Crippen LogP contribution in [0.2, 0.25) is 145 Å². The Morgan fingerprint density at radius 1 is 0.292 bits per heavy atom. The van der Waals surface area contributed by atoms with E-state index in [4.69, 9.17) is 59.1 Å². The molecule has 18 nitrogen and oxygen atoms in total. The van der Waals surface area contributed by atoms with Gasteiger partial charge in [0.15, 0.2) is 66.5 Å². The molecule has 0 bridgehead atoms. The van der Waals surface area contributed by atoms with Gasteiger partial charge in [0.05, 0.1) is 76.3 Å². The Morgan fingerprint density at radius 3 is 0.766 bits per heavy atom. The average Bonchev–Trinajstić information content (AvgIpc) is 1.74. The van der Waals surface area contributed by atoms with Crippen LogP contribution in [0, 0.1) is 0 Å². The van der Waals surface area contributed by atoms with E-state index >= 15 is 0 Å². The van der Waals surface area contributed by atoms with Crippen LogP contribution in [0.5, 0.6) is 11.5 Å². The SMILES string of the molecule is CC(C)(C)[Si](C)(C)OC(CO)C(O[Si](C)(C)C(C)(C)C)C(O[Si](C)(C)C(C)(C)C)C(CNC(=O)OCC1c2ccccc2-c2ccccc21)O[Si](C)(C)C(C)(C)C.COc1ccc(C(OCC(O[Si](C)(C)C(C)(C)C)C(O[Si](C)(C)C(C)(C)C)C(O[Si](C)(C)C(C)(C)C)C(CNC(=O)OCC2c3ccccc3-c3ccccc32)O[Si](C)(C)C(C)(C)C)(c2ccccc2)c2ccc(OC)cc2)cc1. The second kappa shape index (κ2) is 44.3. The minimum atomic E-state index is -2.76. The van der Waals surface area contributed by atoms with Crippen molar-refractivity contribution in [2.24, 2.45) is 0 Å². The second-order valence-electron chi connectivity index (χ2n) is 50.4. The molecule has 0 saturated carbocycles. The van der Waals surface area contributed by atoms with Gasteiger partial charge in [-0.1, -0.05) is 318 Å². The zero-order chi connectivity index (χ0) is 103. The summed E-state index contributed by atoms with van der Waals surface area (Å²) in [5, 5.41) is 16.4. The molecule has 7 aromatic rings. The molecule has 9 rings (SSSR count). The van der Waals surface area contributed by atoms with E-state index in [1.165, 1.54) is 22.3 Å². The fourth-order valence-electron chi connectivity index (χ4n) is 15.5. The number of hydrogen-bond acceptors (Lipinski definition) is 16. The minimum Gasteiger partial charge on any atom is -0.497 e. The van der Waals surface area contributed by atoms with Gasteiger partial charge in [-0.15, -0.1) is 0 Å². The van der Waals surface area contributed by atoms with Gasteiger partial charge in [-0.2, -0.15) is 0 Å². The van der Waals surface area contributed by atoms with Crippen LogP contribution in [0.4, 0.5) is 9.59 Å². The van der Waals surface area contributed by atoms with Gasteiger partial charge in [-0.25, -0.2) is 9.59 Å². The summed E-state index contributed by atoms with van der Waals surface area (Å²) in [6.45, 7) is 90.5. The molecular formula is C111H180N2O16Si8. The fraction of sp³-hybridized carbons (Fsp3) is 0.604. The third-order valence-corrected chi connectivity index (χ3v) is 68.4. The number of methoxy groups -OCH3 is 2. The van der Waals surface area contributed by atoms with Crippen LogP contribution in [0.3, 0.4) is 0 Å². The first-order valence-electron chi connectivity index (χ1n) is 49.9. The van der Waals surface area contributed by atoms with Crippen molar-refractivity contribution in [3.63, 3.8) is 0 Å². The number of amides is 2. The van der Waals surface area contributed by atoms with Gasteiger partial charge in [-0.05, 0) is 231 Å². The minimum absolute atomic E-state index is 0.0581. The smallest absolute Gasteiger partial charge is 0.407 e. The molecule has 0 fully saturated rings. The molecule has 0 radical (unpaired) electrons. The monoisotopic (exact) mass is 2020 g/mol. The lowest BCUT2D eigenvalue weighted by Crippen LogP contribution is -2.64. The molecular weight excluding hydrogens is 1840 g/mol. The summed E-state index contributed by atoms with van der Waals surface area (Å²) in [4.78, 5) is 28.4.